The highest BCUT2D eigenvalue weighted by Gasteiger charge is 2.43. The number of amides is 2. The summed E-state index contributed by atoms with van der Waals surface area (Å²) in [6.07, 6.45) is 0. The third-order valence-electron chi connectivity index (χ3n) is 3.26. The number of nitrogens with one attached hydrogen (secondary N) is 1. The lowest BCUT2D eigenvalue weighted by atomic mass is 10.0. The third-order valence-corrected chi connectivity index (χ3v) is 3.49. The van der Waals surface area contributed by atoms with Crippen LogP contribution in [-0.4, -0.2) is 34.8 Å². The van der Waals surface area contributed by atoms with Crippen molar-refractivity contribution in [3.8, 4) is 0 Å². The molecule has 0 saturated carbocycles. The maximum atomic E-state index is 12.5. The van der Waals surface area contributed by atoms with E-state index < -0.39 is 5.54 Å². The second-order valence-corrected chi connectivity index (χ2v) is 5.61. The molecule has 21 heavy (non-hydrogen) atoms. The van der Waals surface area contributed by atoms with Crippen LogP contribution in [0.15, 0.2) is 29.3 Å². The summed E-state index contributed by atoms with van der Waals surface area (Å²) in [4.78, 5) is 29.1. The van der Waals surface area contributed by atoms with Crippen molar-refractivity contribution in [3.05, 3.63) is 34.9 Å². The Morgan fingerprint density at radius 3 is 2.86 bits per heavy atom. The molecule has 1 atom stereocenters. The molecular weight excluding hydrogens is 292 g/mol. The van der Waals surface area contributed by atoms with Gasteiger partial charge >= 0.3 is 0 Å². The fourth-order valence-electron chi connectivity index (χ4n) is 2.14. The van der Waals surface area contributed by atoms with Crippen molar-refractivity contribution in [2.45, 2.75) is 25.9 Å². The number of benzene rings is 1. The minimum atomic E-state index is -1.06. The van der Waals surface area contributed by atoms with Crippen molar-refractivity contribution >= 4 is 29.4 Å². The molecule has 1 aromatic carbocycles. The Hall–Kier alpha value is -2.08. The van der Waals surface area contributed by atoms with Gasteiger partial charge in [0.1, 0.15) is 0 Å². The molecule has 2 rings (SSSR count). The molecule has 1 aliphatic heterocycles. The minimum Gasteiger partial charge on any atom is -0.369 e. The summed E-state index contributed by atoms with van der Waals surface area (Å²) >= 11 is 5.93. The molecule has 0 saturated heterocycles. The molecule has 0 radical (unpaired) electrons. The summed E-state index contributed by atoms with van der Waals surface area (Å²) in [6.45, 7) is 3.45. The smallest absolute Gasteiger partial charge is 0.259 e. The lowest BCUT2D eigenvalue weighted by molar-refractivity contribution is -0.131. The highest BCUT2D eigenvalue weighted by atomic mass is 35.5. The first-order valence-corrected chi connectivity index (χ1v) is 6.86. The number of hydrogen-bond donors (Lipinski definition) is 2. The molecule has 0 aromatic heterocycles. The Balaban J connectivity index is 2.14. The molecule has 1 heterocycles. The monoisotopic (exact) mass is 308 g/mol. The Labute approximate surface area is 128 Å². The number of nitrogens with zero attached hydrogens (tertiary/aromatic N) is 2. The first-order chi connectivity index (χ1) is 9.82. The summed E-state index contributed by atoms with van der Waals surface area (Å²) < 4.78 is 0. The van der Waals surface area contributed by atoms with Crippen LogP contribution in [0.1, 0.15) is 19.4 Å². The van der Waals surface area contributed by atoms with Gasteiger partial charge in [-0.3, -0.25) is 14.5 Å². The highest BCUT2D eigenvalue weighted by molar-refractivity contribution is 6.30. The number of halogens is 1. The molecule has 6 nitrogen and oxygen atoms in total. The van der Waals surface area contributed by atoms with Crippen molar-refractivity contribution in [2.24, 2.45) is 10.7 Å². The van der Waals surface area contributed by atoms with E-state index in [1.165, 1.54) is 11.8 Å². The molecule has 0 fully saturated rings. The quantitative estimate of drug-likeness (QED) is 0.866. The zero-order chi connectivity index (χ0) is 15.6. The van der Waals surface area contributed by atoms with Gasteiger partial charge in [-0.05, 0) is 24.6 Å². The number of rotatable bonds is 4. The number of guanidine groups is 1. The number of carbonyl (C=O) groups excluding carboxylic acids is 2. The third kappa shape index (κ3) is 3.33. The minimum absolute atomic E-state index is 0.119. The number of nitrogens with two attached hydrogens (primary N) is 1. The maximum Gasteiger partial charge on any atom is 0.259 e. The Kier molecular flexibility index (Phi) is 4.18. The summed E-state index contributed by atoms with van der Waals surface area (Å²) in [5, 5.41) is 3.20. The topological polar surface area (TPSA) is 87.8 Å². The van der Waals surface area contributed by atoms with E-state index in [1.54, 1.807) is 19.1 Å². The van der Waals surface area contributed by atoms with E-state index >= 15 is 0 Å². The molecule has 1 unspecified atom stereocenters. The van der Waals surface area contributed by atoms with Gasteiger partial charge < -0.3 is 11.1 Å². The van der Waals surface area contributed by atoms with Crippen molar-refractivity contribution in [2.75, 3.05) is 6.54 Å². The molecule has 1 aromatic rings. The summed E-state index contributed by atoms with van der Waals surface area (Å²) in [7, 11) is 0. The molecule has 3 N–H and O–H groups in total. The van der Waals surface area contributed by atoms with Crippen molar-refractivity contribution in [1.29, 1.82) is 0 Å². The average Bonchev–Trinajstić information content (AvgIpc) is 2.61. The van der Waals surface area contributed by atoms with Crippen LogP contribution in [0, 0.1) is 0 Å². The zero-order valence-electron chi connectivity index (χ0n) is 11.9. The van der Waals surface area contributed by atoms with E-state index in [1.807, 2.05) is 12.1 Å². The molecule has 0 aliphatic carbocycles. The molecule has 0 spiro atoms. The van der Waals surface area contributed by atoms with Crippen molar-refractivity contribution in [3.63, 3.8) is 0 Å². The summed E-state index contributed by atoms with van der Waals surface area (Å²) in [6, 6.07) is 7.19. The van der Waals surface area contributed by atoms with E-state index in [9.17, 15) is 9.59 Å². The van der Waals surface area contributed by atoms with Crippen LogP contribution < -0.4 is 11.1 Å². The fourth-order valence-corrected chi connectivity index (χ4v) is 2.35. The van der Waals surface area contributed by atoms with E-state index in [4.69, 9.17) is 17.3 Å². The van der Waals surface area contributed by atoms with E-state index in [-0.39, 0.29) is 24.3 Å². The van der Waals surface area contributed by atoms with Gasteiger partial charge in [-0.2, -0.15) is 0 Å². The predicted octanol–water partition coefficient (Wildman–Crippen LogP) is 0.892. The van der Waals surface area contributed by atoms with Crippen LogP contribution in [0.2, 0.25) is 5.02 Å². The van der Waals surface area contributed by atoms with Gasteiger partial charge in [-0.15, -0.1) is 0 Å². The van der Waals surface area contributed by atoms with Gasteiger partial charge in [0.2, 0.25) is 5.91 Å². The van der Waals surface area contributed by atoms with E-state index in [2.05, 4.69) is 10.3 Å². The highest BCUT2D eigenvalue weighted by Crippen LogP contribution is 2.23. The van der Waals surface area contributed by atoms with Gasteiger partial charge in [0.25, 0.3) is 5.91 Å². The number of aliphatic imine (C=N–C) groups is 1. The first-order valence-electron chi connectivity index (χ1n) is 6.48. The summed E-state index contributed by atoms with van der Waals surface area (Å²) in [5.74, 6) is -0.312. The van der Waals surface area contributed by atoms with Crippen molar-refractivity contribution in [1.82, 2.24) is 10.2 Å². The van der Waals surface area contributed by atoms with E-state index in [0.717, 1.165) is 5.56 Å². The van der Waals surface area contributed by atoms with Crippen LogP contribution in [0.3, 0.4) is 0 Å². The van der Waals surface area contributed by atoms with Gasteiger partial charge in [0, 0.05) is 11.9 Å². The van der Waals surface area contributed by atoms with E-state index in [0.29, 0.717) is 11.6 Å². The standard InChI is InChI=1S/C14H17ClN4O2/c1-9(20)17-8-14(2)12(21)19(13(16)18-14)7-10-4-3-5-11(15)6-10/h3-6H,7-8H2,1-2H3,(H2,16,18)(H,17,20). The molecular formula is C14H17ClN4O2. The largest absolute Gasteiger partial charge is 0.369 e. The van der Waals surface area contributed by atoms with Gasteiger partial charge in [-0.25, -0.2) is 4.99 Å². The predicted molar refractivity (Wildman–Crippen MR) is 80.7 cm³/mol. The lowest BCUT2D eigenvalue weighted by Gasteiger charge is -2.22. The van der Waals surface area contributed by atoms with Crippen LogP contribution in [0.5, 0.6) is 0 Å². The average molecular weight is 309 g/mol. The number of carbonyl (C=O) groups is 2. The Morgan fingerprint density at radius 2 is 2.24 bits per heavy atom. The zero-order valence-corrected chi connectivity index (χ0v) is 12.6. The second-order valence-electron chi connectivity index (χ2n) is 5.17. The lowest BCUT2D eigenvalue weighted by Crippen LogP contribution is -2.48. The normalized spacial score (nSPS) is 21.4. The van der Waals surface area contributed by atoms with Crippen LogP contribution in [0.25, 0.3) is 0 Å². The maximum absolute atomic E-state index is 12.5. The molecule has 112 valence electrons. The van der Waals surface area contributed by atoms with Gasteiger partial charge in [0.05, 0.1) is 13.1 Å². The van der Waals surface area contributed by atoms with Crippen LogP contribution in [0.4, 0.5) is 0 Å². The van der Waals surface area contributed by atoms with Gasteiger partial charge in [-0.1, -0.05) is 23.7 Å². The fraction of sp³-hybridized carbons (Fsp3) is 0.357. The van der Waals surface area contributed by atoms with Gasteiger partial charge in [0.15, 0.2) is 11.5 Å². The second kappa shape index (κ2) is 5.73. The Bertz CT molecular complexity index is 617. The first kappa shape index (κ1) is 15.3. The van der Waals surface area contributed by atoms with Crippen LogP contribution >= 0.6 is 11.6 Å². The van der Waals surface area contributed by atoms with Crippen molar-refractivity contribution < 1.29 is 9.59 Å². The summed E-state index contributed by atoms with van der Waals surface area (Å²) in [5.41, 5.74) is 5.64. The Morgan fingerprint density at radius 1 is 1.52 bits per heavy atom. The molecule has 2 amide bonds. The molecule has 7 heteroatoms. The van der Waals surface area contributed by atoms with Crippen LogP contribution in [-0.2, 0) is 16.1 Å². The molecule has 1 aliphatic rings. The SMILES string of the molecule is CC(=O)NCC1(C)N=C(N)N(Cc2cccc(Cl)c2)C1=O. The molecule has 0 bridgehead atoms. The number of hydrogen-bond acceptors (Lipinski definition) is 4.